The van der Waals surface area contributed by atoms with Crippen molar-refractivity contribution in [3.63, 3.8) is 0 Å². The number of nitrogens with zero attached hydrogens (tertiary/aromatic N) is 3. The van der Waals surface area contributed by atoms with E-state index in [0.29, 0.717) is 0 Å². The van der Waals surface area contributed by atoms with Gasteiger partial charge >= 0.3 is 7.82 Å². The second-order valence-corrected chi connectivity index (χ2v) is 7.50. The van der Waals surface area contributed by atoms with Gasteiger partial charge < -0.3 is 45.4 Å². The fourth-order valence-corrected chi connectivity index (χ4v) is 3.42. The zero-order valence-electron chi connectivity index (χ0n) is 14.0. The van der Waals surface area contributed by atoms with Crippen LogP contribution in [0.1, 0.15) is 0 Å². The van der Waals surface area contributed by atoms with Crippen LogP contribution in [-0.4, -0.2) is 86.0 Å². The van der Waals surface area contributed by atoms with Crippen LogP contribution in [0.4, 0.5) is 17.5 Å². The molecule has 5 atom stereocenters. The first-order chi connectivity index (χ1) is 12.5. The first-order valence-corrected chi connectivity index (χ1v) is 9.30. The minimum absolute atomic E-state index is 0.0332. The van der Waals surface area contributed by atoms with Gasteiger partial charge in [0.25, 0.3) is 5.56 Å². The topological polar surface area (TPSA) is 215 Å². The number of aromatic amines is 1. The molecule has 0 bridgehead atoms. The molecule has 1 aromatic rings. The molecule has 0 spiro atoms. The van der Waals surface area contributed by atoms with E-state index in [1.807, 2.05) is 0 Å². The standard InChI is InChI=1S/C12H20N5O9P/c1-16-3-17(9-5(16)10(21)15-12(13)14-9)11-8(20)7(19)6(18)4(26-11)2-25-27(22,23)24/h4,6-8,11,18-20H,2-3H2,1H3,(H2,22,23,24)(H3,13,14,15,21)/t4-,6-,7+,8-,11-/m1/s1. The van der Waals surface area contributed by atoms with Gasteiger partial charge in [-0.1, -0.05) is 0 Å². The van der Waals surface area contributed by atoms with Gasteiger partial charge in [-0.05, 0) is 0 Å². The first kappa shape index (κ1) is 20.0. The summed E-state index contributed by atoms with van der Waals surface area (Å²) in [4.78, 5) is 38.9. The molecule has 0 aromatic carbocycles. The van der Waals surface area contributed by atoms with Crippen LogP contribution in [-0.2, 0) is 13.8 Å². The van der Waals surface area contributed by atoms with E-state index < -0.39 is 50.6 Å². The van der Waals surface area contributed by atoms with Crippen molar-refractivity contribution in [3.8, 4) is 0 Å². The van der Waals surface area contributed by atoms with Crippen molar-refractivity contribution >= 4 is 25.3 Å². The van der Waals surface area contributed by atoms with Gasteiger partial charge in [-0.25, -0.2) is 4.57 Å². The highest BCUT2D eigenvalue weighted by atomic mass is 31.2. The zero-order chi connectivity index (χ0) is 20.1. The molecule has 1 aromatic heterocycles. The number of aromatic nitrogens is 2. The van der Waals surface area contributed by atoms with Crippen LogP contribution in [0.2, 0.25) is 0 Å². The van der Waals surface area contributed by atoms with E-state index in [4.69, 9.17) is 20.3 Å². The third-order valence-corrected chi connectivity index (χ3v) is 4.80. The largest absolute Gasteiger partial charge is 0.469 e. The quantitative estimate of drug-likeness (QED) is 0.240. The molecule has 0 amide bonds. The summed E-state index contributed by atoms with van der Waals surface area (Å²) in [6.07, 6.45) is -7.66. The highest BCUT2D eigenvalue weighted by Gasteiger charge is 2.49. The molecular formula is C12H20N5O9P. The van der Waals surface area contributed by atoms with Gasteiger partial charge in [-0.3, -0.25) is 14.3 Å². The number of nitrogens with two attached hydrogens (primary N) is 1. The summed E-state index contributed by atoms with van der Waals surface area (Å²) in [6, 6.07) is 0. The molecule has 0 radical (unpaired) electrons. The van der Waals surface area contributed by atoms with Crippen LogP contribution in [0.15, 0.2) is 4.79 Å². The Balaban J connectivity index is 1.90. The van der Waals surface area contributed by atoms with Crippen molar-refractivity contribution in [2.75, 3.05) is 35.9 Å². The Labute approximate surface area is 152 Å². The molecule has 14 nitrogen and oxygen atoms in total. The Morgan fingerprint density at radius 1 is 1.33 bits per heavy atom. The van der Waals surface area contributed by atoms with E-state index in [1.54, 1.807) is 7.05 Å². The number of phosphoric acid groups is 1. The number of hydrogen-bond acceptors (Lipinski definition) is 11. The van der Waals surface area contributed by atoms with Crippen molar-refractivity contribution in [2.24, 2.45) is 0 Å². The van der Waals surface area contributed by atoms with Crippen molar-refractivity contribution < 1.29 is 38.9 Å². The lowest BCUT2D eigenvalue weighted by Crippen LogP contribution is -2.63. The summed E-state index contributed by atoms with van der Waals surface area (Å²) in [6.45, 7) is -0.710. The molecule has 152 valence electrons. The van der Waals surface area contributed by atoms with Gasteiger partial charge in [-0.15, -0.1) is 0 Å². The third kappa shape index (κ3) is 3.79. The van der Waals surface area contributed by atoms with Crippen LogP contribution in [0.3, 0.4) is 0 Å². The van der Waals surface area contributed by atoms with Crippen molar-refractivity contribution in [1.29, 1.82) is 0 Å². The van der Waals surface area contributed by atoms with Gasteiger partial charge in [0, 0.05) is 7.05 Å². The third-order valence-electron chi connectivity index (χ3n) is 4.31. The number of ether oxygens (including phenoxy) is 1. The fraction of sp³-hybridized carbons (Fsp3) is 0.667. The highest BCUT2D eigenvalue weighted by molar-refractivity contribution is 7.46. The predicted molar refractivity (Wildman–Crippen MR) is 89.7 cm³/mol. The number of nitrogens with one attached hydrogen (secondary N) is 1. The fourth-order valence-electron chi connectivity index (χ4n) is 3.08. The Morgan fingerprint density at radius 3 is 2.63 bits per heavy atom. The van der Waals surface area contributed by atoms with E-state index in [1.165, 1.54) is 9.80 Å². The molecule has 1 saturated heterocycles. The molecule has 2 aliphatic rings. The molecule has 0 unspecified atom stereocenters. The van der Waals surface area contributed by atoms with Crippen LogP contribution >= 0.6 is 7.82 Å². The van der Waals surface area contributed by atoms with Crippen LogP contribution in [0, 0.1) is 0 Å². The molecule has 2 aliphatic heterocycles. The molecule has 0 aliphatic carbocycles. The maximum absolute atomic E-state index is 12.1. The monoisotopic (exact) mass is 409 g/mol. The number of nitrogen functional groups attached to an aromatic ring is 1. The molecule has 3 rings (SSSR count). The summed E-state index contributed by atoms with van der Waals surface area (Å²) >= 11 is 0. The van der Waals surface area contributed by atoms with E-state index in [2.05, 4.69) is 14.5 Å². The second kappa shape index (κ2) is 7.00. The Bertz CT molecular complexity index is 815. The van der Waals surface area contributed by atoms with Gasteiger partial charge in [-0.2, -0.15) is 4.98 Å². The van der Waals surface area contributed by atoms with E-state index in [9.17, 15) is 24.7 Å². The lowest BCUT2D eigenvalue weighted by Gasteiger charge is -2.44. The van der Waals surface area contributed by atoms with Crippen molar-refractivity contribution in [1.82, 2.24) is 9.97 Å². The van der Waals surface area contributed by atoms with Gasteiger partial charge in [0.05, 0.1) is 13.3 Å². The smallest absolute Gasteiger partial charge is 0.387 e. The van der Waals surface area contributed by atoms with Gasteiger partial charge in [0.15, 0.2) is 12.0 Å². The van der Waals surface area contributed by atoms with E-state index in [0.717, 1.165) is 0 Å². The summed E-state index contributed by atoms with van der Waals surface area (Å²) < 4.78 is 20.7. The molecule has 27 heavy (non-hydrogen) atoms. The number of aliphatic hydroxyl groups is 3. The van der Waals surface area contributed by atoms with Crippen LogP contribution in [0.25, 0.3) is 0 Å². The Kier molecular flexibility index (Phi) is 5.18. The molecule has 8 N–H and O–H groups in total. The SMILES string of the molecule is CN1CN([C@@H]2O[C@H](COP(=O)(O)O)[C@@H](O)[C@H](O)[C@H]2O)c2nc(N)[nH]c(=O)c21. The second-order valence-electron chi connectivity index (χ2n) is 6.26. The zero-order valence-corrected chi connectivity index (χ0v) is 14.9. The van der Waals surface area contributed by atoms with Crippen LogP contribution in [0.5, 0.6) is 0 Å². The molecule has 1 fully saturated rings. The lowest BCUT2D eigenvalue weighted by atomic mass is 9.98. The summed E-state index contributed by atoms with van der Waals surface area (Å²) in [5.41, 5.74) is 5.20. The number of hydrogen-bond donors (Lipinski definition) is 7. The maximum atomic E-state index is 12.1. The number of aliphatic hydroxyl groups excluding tert-OH is 3. The number of H-pyrrole nitrogens is 1. The summed E-state index contributed by atoms with van der Waals surface area (Å²) in [7, 11) is -3.26. The van der Waals surface area contributed by atoms with E-state index in [-0.39, 0.29) is 24.1 Å². The van der Waals surface area contributed by atoms with Gasteiger partial charge in [0.2, 0.25) is 5.95 Å². The maximum Gasteiger partial charge on any atom is 0.469 e. The normalized spacial score (nSPS) is 31.3. The Hall–Kier alpha value is -1.77. The average Bonchev–Trinajstić information content (AvgIpc) is 2.88. The van der Waals surface area contributed by atoms with Crippen molar-refractivity contribution in [2.45, 2.75) is 30.6 Å². The minimum atomic E-state index is -4.85. The van der Waals surface area contributed by atoms with Gasteiger partial charge in [0.1, 0.15) is 30.1 Å². The van der Waals surface area contributed by atoms with Crippen LogP contribution < -0.4 is 21.1 Å². The number of anilines is 3. The lowest BCUT2D eigenvalue weighted by molar-refractivity contribution is -0.227. The molecule has 3 heterocycles. The minimum Gasteiger partial charge on any atom is -0.387 e. The number of rotatable bonds is 4. The Morgan fingerprint density at radius 2 is 2.00 bits per heavy atom. The number of fused-ring (bicyclic) bond motifs is 1. The summed E-state index contributed by atoms with van der Waals surface area (Å²) in [5.74, 6) is -0.0904. The van der Waals surface area contributed by atoms with E-state index >= 15 is 0 Å². The molecule has 0 saturated carbocycles. The van der Waals surface area contributed by atoms with Crippen molar-refractivity contribution in [3.05, 3.63) is 10.4 Å². The molecule has 15 heteroatoms. The first-order valence-electron chi connectivity index (χ1n) is 7.77. The number of phosphoric ester groups is 1. The summed E-state index contributed by atoms with van der Waals surface area (Å²) in [5, 5.41) is 30.5. The highest BCUT2D eigenvalue weighted by Crippen LogP contribution is 2.38. The molecular weight excluding hydrogens is 389 g/mol. The predicted octanol–water partition coefficient (Wildman–Crippen LogP) is -3.52. The average molecular weight is 409 g/mol.